The number of carbonyl (C=O) groups excluding carboxylic acids is 1. The Hall–Kier alpha value is -2.45. The number of aryl methyl sites for hydroxylation is 1. The molecule has 0 radical (unpaired) electrons. The molecule has 8 heteroatoms. The lowest BCUT2D eigenvalue weighted by atomic mass is 10.0. The van der Waals surface area contributed by atoms with Crippen molar-refractivity contribution in [2.75, 3.05) is 32.7 Å². The molecule has 1 atom stereocenters. The molecule has 0 saturated carbocycles. The van der Waals surface area contributed by atoms with Crippen molar-refractivity contribution >= 4 is 6.03 Å². The highest BCUT2D eigenvalue weighted by molar-refractivity contribution is 5.74. The lowest BCUT2D eigenvalue weighted by molar-refractivity contribution is -0.0841. The Morgan fingerprint density at radius 3 is 2.81 bits per heavy atom. The molecule has 1 unspecified atom stereocenters. The van der Waals surface area contributed by atoms with Crippen LogP contribution >= 0.6 is 0 Å². The molecule has 0 aliphatic carbocycles. The molecule has 1 spiro atoms. The number of aromatic nitrogens is 3. The standard InChI is InChI=1S/C23H34N6O2/c1-3-28(4-2)22(30)24-15-20-21-16-31-23(18-29(21)26-25-20)12-14-27(17-23)13-8-11-19-9-6-5-7-10-19/h5-7,9-10H,3-4,8,11-18H2,1-2H3,(H,24,30). The number of benzene rings is 1. The fraction of sp³-hybridized carbons (Fsp3) is 0.609. The Morgan fingerprint density at radius 2 is 2.03 bits per heavy atom. The molecule has 1 aromatic heterocycles. The van der Waals surface area contributed by atoms with Crippen molar-refractivity contribution in [1.29, 1.82) is 0 Å². The average Bonchev–Trinajstić information content (AvgIpc) is 3.37. The molecule has 31 heavy (non-hydrogen) atoms. The maximum Gasteiger partial charge on any atom is 0.317 e. The van der Waals surface area contributed by atoms with Crippen molar-refractivity contribution in [3.63, 3.8) is 0 Å². The molecule has 2 aliphatic rings. The average molecular weight is 427 g/mol. The van der Waals surface area contributed by atoms with E-state index in [1.165, 1.54) is 5.56 Å². The van der Waals surface area contributed by atoms with Gasteiger partial charge in [0.25, 0.3) is 0 Å². The number of ether oxygens (including phenoxy) is 1. The van der Waals surface area contributed by atoms with Crippen LogP contribution < -0.4 is 5.32 Å². The van der Waals surface area contributed by atoms with Crippen LogP contribution in [0.2, 0.25) is 0 Å². The number of likely N-dealkylation sites (tertiary alicyclic amines) is 1. The molecule has 0 bridgehead atoms. The van der Waals surface area contributed by atoms with Gasteiger partial charge in [0.05, 0.1) is 25.4 Å². The van der Waals surface area contributed by atoms with E-state index in [0.29, 0.717) is 26.2 Å². The van der Waals surface area contributed by atoms with E-state index in [9.17, 15) is 4.79 Å². The summed E-state index contributed by atoms with van der Waals surface area (Å²) in [6.07, 6.45) is 3.29. The molecule has 168 valence electrons. The van der Waals surface area contributed by atoms with Gasteiger partial charge in [-0.1, -0.05) is 35.5 Å². The topological polar surface area (TPSA) is 75.5 Å². The Balaban J connectivity index is 1.28. The molecule has 2 aliphatic heterocycles. The SMILES string of the molecule is CCN(CC)C(=O)NCc1nnn2c1COC1(CCN(CCCc3ccccc3)C1)C2. The number of rotatable bonds is 8. The zero-order valence-corrected chi connectivity index (χ0v) is 18.7. The minimum Gasteiger partial charge on any atom is -0.365 e. The summed E-state index contributed by atoms with van der Waals surface area (Å²) in [5.41, 5.74) is 3.01. The van der Waals surface area contributed by atoms with Crippen molar-refractivity contribution in [3.05, 3.63) is 47.3 Å². The number of carbonyl (C=O) groups is 1. The summed E-state index contributed by atoms with van der Waals surface area (Å²) in [6, 6.07) is 10.6. The van der Waals surface area contributed by atoms with Crippen molar-refractivity contribution in [1.82, 2.24) is 30.1 Å². The summed E-state index contributed by atoms with van der Waals surface area (Å²) in [4.78, 5) is 16.5. The number of fused-ring (bicyclic) bond motifs is 1. The lowest BCUT2D eigenvalue weighted by Gasteiger charge is -2.34. The molecular formula is C23H34N6O2. The van der Waals surface area contributed by atoms with E-state index >= 15 is 0 Å². The molecular weight excluding hydrogens is 392 g/mol. The second-order valence-corrected chi connectivity index (χ2v) is 8.56. The maximum absolute atomic E-state index is 12.2. The van der Waals surface area contributed by atoms with Crippen molar-refractivity contribution in [2.24, 2.45) is 0 Å². The van der Waals surface area contributed by atoms with Crippen LogP contribution in [-0.4, -0.2) is 69.1 Å². The molecule has 3 heterocycles. The van der Waals surface area contributed by atoms with Crippen LogP contribution in [0.5, 0.6) is 0 Å². The molecule has 4 rings (SSSR count). The van der Waals surface area contributed by atoms with Gasteiger partial charge < -0.3 is 19.9 Å². The summed E-state index contributed by atoms with van der Waals surface area (Å²) in [5.74, 6) is 0. The quantitative estimate of drug-likeness (QED) is 0.702. The van der Waals surface area contributed by atoms with Crippen LogP contribution in [0.4, 0.5) is 4.79 Å². The van der Waals surface area contributed by atoms with Gasteiger partial charge in [-0.05, 0) is 45.2 Å². The van der Waals surface area contributed by atoms with Gasteiger partial charge in [0.1, 0.15) is 11.3 Å². The van der Waals surface area contributed by atoms with E-state index in [1.54, 1.807) is 4.90 Å². The number of nitrogens with zero attached hydrogens (tertiary/aromatic N) is 5. The number of hydrogen-bond acceptors (Lipinski definition) is 5. The Kier molecular flexibility index (Phi) is 6.87. The molecule has 1 fully saturated rings. The van der Waals surface area contributed by atoms with E-state index in [2.05, 4.69) is 50.9 Å². The number of hydrogen-bond donors (Lipinski definition) is 1. The summed E-state index contributed by atoms with van der Waals surface area (Å²) in [6.45, 7) is 10.0. The van der Waals surface area contributed by atoms with Crippen LogP contribution in [0.1, 0.15) is 43.6 Å². The zero-order valence-electron chi connectivity index (χ0n) is 18.7. The second kappa shape index (κ2) is 9.78. The van der Waals surface area contributed by atoms with Gasteiger partial charge in [0.15, 0.2) is 0 Å². The fourth-order valence-corrected chi connectivity index (χ4v) is 4.63. The molecule has 2 amide bonds. The third-order valence-electron chi connectivity index (χ3n) is 6.51. The highest BCUT2D eigenvalue weighted by Gasteiger charge is 2.43. The number of nitrogens with one attached hydrogen (secondary N) is 1. The van der Waals surface area contributed by atoms with E-state index < -0.39 is 0 Å². The maximum atomic E-state index is 12.2. The molecule has 8 nitrogen and oxygen atoms in total. The largest absolute Gasteiger partial charge is 0.365 e. The predicted molar refractivity (Wildman–Crippen MR) is 119 cm³/mol. The summed E-state index contributed by atoms with van der Waals surface area (Å²) in [5, 5.41) is 11.6. The number of urea groups is 1. The van der Waals surface area contributed by atoms with Gasteiger partial charge in [-0.2, -0.15) is 0 Å². The van der Waals surface area contributed by atoms with Gasteiger partial charge in [-0.15, -0.1) is 5.10 Å². The van der Waals surface area contributed by atoms with Gasteiger partial charge in [0.2, 0.25) is 0 Å². The molecule has 2 aromatic rings. The molecule has 1 saturated heterocycles. The predicted octanol–water partition coefficient (Wildman–Crippen LogP) is 2.44. The Labute approximate surface area is 184 Å². The summed E-state index contributed by atoms with van der Waals surface area (Å²) in [7, 11) is 0. The minimum absolute atomic E-state index is 0.0677. The van der Waals surface area contributed by atoms with Gasteiger partial charge in [-0.3, -0.25) is 0 Å². The van der Waals surface area contributed by atoms with Crippen LogP contribution in [0, 0.1) is 0 Å². The molecule has 1 aromatic carbocycles. The van der Waals surface area contributed by atoms with Crippen LogP contribution in [0.3, 0.4) is 0 Å². The first-order valence-corrected chi connectivity index (χ1v) is 11.5. The van der Waals surface area contributed by atoms with Crippen molar-refractivity contribution in [3.8, 4) is 0 Å². The minimum atomic E-state index is -0.171. The van der Waals surface area contributed by atoms with Crippen LogP contribution in [0.25, 0.3) is 0 Å². The van der Waals surface area contributed by atoms with Crippen molar-refractivity contribution in [2.45, 2.75) is 58.4 Å². The van der Waals surface area contributed by atoms with E-state index in [4.69, 9.17) is 4.74 Å². The van der Waals surface area contributed by atoms with E-state index in [1.807, 2.05) is 18.5 Å². The first-order chi connectivity index (χ1) is 15.1. The normalized spacial score (nSPS) is 20.7. The fourth-order valence-electron chi connectivity index (χ4n) is 4.63. The Bertz CT molecular complexity index is 866. The lowest BCUT2D eigenvalue weighted by Crippen LogP contribution is -2.44. The second-order valence-electron chi connectivity index (χ2n) is 8.56. The van der Waals surface area contributed by atoms with Gasteiger partial charge in [0, 0.05) is 26.2 Å². The van der Waals surface area contributed by atoms with Crippen molar-refractivity contribution < 1.29 is 9.53 Å². The Morgan fingerprint density at radius 1 is 1.23 bits per heavy atom. The smallest absolute Gasteiger partial charge is 0.317 e. The van der Waals surface area contributed by atoms with E-state index in [0.717, 1.165) is 56.8 Å². The third kappa shape index (κ3) is 5.07. The highest BCUT2D eigenvalue weighted by Crippen LogP contribution is 2.32. The van der Waals surface area contributed by atoms with Gasteiger partial charge >= 0.3 is 6.03 Å². The van der Waals surface area contributed by atoms with Gasteiger partial charge in [-0.25, -0.2) is 9.48 Å². The highest BCUT2D eigenvalue weighted by atomic mass is 16.5. The van der Waals surface area contributed by atoms with Crippen LogP contribution in [-0.2, 0) is 30.9 Å². The zero-order chi connectivity index (χ0) is 21.7. The van der Waals surface area contributed by atoms with E-state index in [-0.39, 0.29) is 11.6 Å². The monoisotopic (exact) mass is 426 g/mol. The summed E-state index contributed by atoms with van der Waals surface area (Å²) < 4.78 is 8.36. The molecule has 1 N–H and O–H groups in total. The first kappa shape index (κ1) is 21.8. The number of amides is 2. The third-order valence-corrected chi connectivity index (χ3v) is 6.51. The first-order valence-electron chi connectivity index (χ1n) is 11.5. The van der Waals surface area contributed by atoms with Crippen LogP contribution in [0.15, 0.2) is 30.3 Å². The summed E-state index contributed by atoms with van der Waals surface area (Å²) >= 11 is 0.